The number of fused-ring (bicyclic) bond motifs is 3. The van der Waals surface area contributed by atoms with E-state index in [9.17, 15) is 24.8 Å². The van der Waals surface area contributed by atoms with Gasteiger partial charge < -0.3 is 14.1 Å². The summed E-state index contributed by atoms with van der Waals surface area (Å²) >= 11 is 11.9. The van der Waals surface area contributed by atoms with Gasteiger partial charge in [-0.15, -0.1) is 0 Å². The van der Waals surface area contributed by atoms with Crippen LogP contribution in [0.15, 0.2) is 26.1 Å². The van der Waals surface area contributed by atoms with Crippen molar-refractivity contribution >= 4 is 50.8 Å². The summed E-state index contributed by atoms with van der Waals surface area (Å²) < 4.78 is 6.19. The Morgan fingerprint density at radius 1 is 1.29 bits per heavy atom. The highest BCUT2D eigenvalue weighted by Gasteiger charge is 2.28. The number of pyridine rings is 1. The Morgan fingerprint density at radius 2 is 1.92 bits per heavy atom. The molecule has 1 N–H and O–H groups in total. The quantitative estimate of drug-likeness (QED) is 0.421. The van der Waals surface area contributed by atoms with Crippen molar-refractivity contribution in [2.45, 2.75) is 13.5 Å². The number of benzene rings is 1. The van der Waals surface area contributed by atoms with Crippen molar-refractivity contribution in [1.29, 1.82) is 0 Å². The molecular formula is C14H8Cl2N2O6. The van der Waals surface area contributed by atoms with Gasteiger partial charge >= 0.3 is 11.3 Å². The van der Waals surface area contributed by atoms with E-state index in [1.165, 1.54) is 16.7 Å². The van der Waals surface area contributed by atoms with Gasteiger partial charge in [0.05, 0.1) is 20.5 Å². The van der Waals surface area contributed by atoms with Crippen molar-refractivity contribution in [2.24, 2.45) is 0 Å². The van der Waals surface area contributed by atoms with Crippen LogP contribution in [-0.4, -0.2) is 14.6 Å². The Balaban J connectivity index is 2.73. The lowest BCUT2D eigenvalue weighted by molar-refractivity contribution is -0.388. The topological polar surface area (TPSA) is 116 Å². The first-order valence-corrected chi connectivity index (χ1v) is 7.39. The number of aromatic nitrogens is 1. The van der Waals surface area contributed by atoms with E-state index in [0.29, 0.717) is 5.52 Å². The Labute approximate surface area is 142 Å². The lowest BCUT2D eigenvalue weighted by atomic mass is 10.1. The van der Waals surface area contributed by atoms with Crippen LogP contribution in [0, 0.1) is 10.1 Å². The molecule has 2 aromatic heterocycles. The van der Waals surface area contributed by atoms with Gasteiger partial charge in [-0.2, -0.15) is 0 Å². The molecule has 0 unspecified atom stereocenters. The van der Waals surface area contributed by atoms with Crippen LogP contribution in [0.5, 0.6) is 5.75 Å². The third kappa shape index (κ3) is 2.15. The lowest BCUT2D eigenvalue weighted by Gasteiger charge is -2.12. The Kier molecular flexibility index (Phi) is 3.73. The second-order valence-corrected chi connectivity index (χ2v) is 5.70. The molecule has 10 heteroatoms. The van der Waals surface area contributed by atoms with Crippen molar-refractivity contribution in [3.05, 3.63) is 53.1 Å². The highest BCUT2D eigenvalue weighted by molar-refractivity contribution is 6.43. The van der Waals surface area contributed by atoms with Gasteiger partial charge in [-0.05, 0) is 19.1 Å². The predicted molar refractivity (Wildman–Crippen MR) is 88.3 cm³/mol. The zero-order valence-electron chi connectivity index (χ0n) is 12.0. The second kappa shape index (κ2) is 5.50. The minimum atomic E-state index is -1.37. The number of aryl methyl sites for hydroxylation is 1. The average Bonchev–Trinajstić information content (AvgIpc) is 2.49. The summed E-state index contributed by atoms with van der Waals surface area (Å²) in [5.41, 5.74) is -3.28. The minimum absolute atomic E-state index is 0.132. The number of aromatic hydroxyl groups is 1. The third-order valence-electron chi connectivity index (χ3n) is 3.61. The van der Waals surface area contributed by atoms with E-state index in [1.807, 2.05) is 0 Å². The van der Waals surface area contributed by atoms with Crippen LogP contribution in [0.1, 0.15) is 6.92 Å². The van der Waals surface area contributed by atoms with Crippen LogP contribution < -0.4 is 11.2 Å². The number of rotatable bonds is 2. The number of halogens is 2. The van der Waals surface area contributed by atoms with Crippen LogP contribution in [0.3, 0.4) is 0 Å². The largest absolute Gasteiger partial charge is 0.501 e. The van der Waals surface area contributed by atoms with E-state index in [0.717, 1.165) is 0 Å². The van der Waals surface area contributed by atoms with Crippen molar-refractivity contribution in [1.82, 2.24) is 4.57 Å². The summed E-state index contributed by atoms with van der Waals surface area (Å²) in [4.78, 5) is 34.3. The number of hydrogen-bond donors (Lipinski definition) is 1. The first-order chi connectivity index (χ1) is 11.3. The van der Waals surface area contributed by atoms with Crippen LogP contribution >= 0.6 is 23.2 Å². The molecular weight excluding hydrogens is 363 g/mol. The molecule has 0 amide bonds. The van der Waals surface area contributed by atoms with Crippen molar-refractivity contribution in [2.75, 3.05) is 0 Å². The Hall–Kier alpha value is -2.58. The molecule has 0 spiro atoms. The summed E-state index contributed by atoms with van der Waals surface area (Å²) in [6.07, 6.45) is 0. The van der Waals surface area contributed by atoms with Gasteiger partial charge in [-0.1, -0.05) is 23.2 Å². The maximum absolute atomic E-state index is 12.6. The van der Waals surface area contributed by atoms with Crippen LogP contribution in [0.25, 0.3) is 21.9 Å². The van der Waals surface area contributed by atoms with Crippen molar-refractivity contribution < 1.29 is 14.4 Å². The molecule has 0 saturated heterocycles. The molecule has 2 heterocycles. The standard InChI is InChI=1S/C14H8Cl2N2O6/c1-2-17-8-4-7(16)6(15)3-5(8)12-9(13(17)20)11(19)10(18(22)23)14(21)24-12/h3-4,19H,2H2,1H3. The monoisotopic (exact) mass is 370 g/mol. The minimum Gasteiger partial charge on any atom is -0.501 e. The first-order valence-electron chi connectivity index (χ1n) is 6.63. The molecule has 0 bridgehead atoms. The van der Waals surface area contributed by atoms with E-state index in [2.05, 4.69) is 0 Å². The molecule has 8 nitrogen and oxygen atoms in total. The van der Waals surface area contributed by atoms with Gasteiger partial charge in [-0.3, -0.25) is 14.9 Å². The summed E-state index contributed by atoms with van der Waals surface area (Å²) in [7, 11) is 0. The molecule has 124 valence electrons. The molecule has 0 radical (unpaired) electrons. The van der Waals surface area contributed by atoms with E-state index < -0.39 is 32.9 Å². The van der Waals surface area contributed by atoms with Gasteiger partial charge in [0.1, 0.15) is 5.39 Å². The predicted octanol–water partition coefficient (Wildman–Crippen LogP) is 3.05. The maximum atomic E-state index is 12.6. The highest BCUT2D eigenvalue weighted by Crippen LogP contribution is 2.35. The van der Waals surface area contributed by atoms with Crippen molar-refractivity contribution in [3.63, 3.8) is 0 Å². The fourth-order valence-electron chi connectivity index (χ4n) is 2.56. The van der Waals surface area contributed by atoms with E-state index in [-0.39, 0.29) is 27.6 Å². The second-order valence-electron chi connectivity index (χ2n) is 4.88. The molecule has 0 aliphatic carbocycles. The summed E-state index contributed by atoms with van der Waals surface area (Å²) in [6, 6.07) is 2.78. The normalized spacial score (nSPS) is 11.3. The van der Waals surface area contributed by atoms with Gasteiger partial charge in [0.15, 0.2) is 5.58 Å². The molecule has 0 fully saturated rings. The summed E-state index contributed by atoms with van der Waals surface area (Å²) in [5.74, 6) is -1.04. The fraction of sp³-hybridized carbons (Fsp3) is 0.143. The van der Waals surface area contributed by atoms with Gasteiger partial charge in [0.25, 0.3) is 5.56 Å². The number of nitro groups is 1. The first kappa shape index (κ1) is 16.3. The lowest BCUT2D eigenvalue weighted by Crippen LogP contribution is -2.21. The zero-order valence-corrected chi connectivity index (χ0v) is 13.5. The molecule has 0 aliphatic rings. The van der Waals surface area contributed by atoms with E-state index in [1.54, 1.807) is 6.92 Å². The molecule has 24 heavy (non-hydrogen) atoms. The van der Waals surface area contributed by atoms with Crippen LogP contribution in [-0.2, 0) is 6.54 Å². The zero-order chi connectivity index (χ0) is 17.8. The third-order valence-corrected chi connectivity index (χ3v) is 4.33. The highest BCUT2D eigenvalue weighted by atomic mass is 35.5. The summed E-state index contributed by atoms with van der Waals surface area (Å²) in [6.45, 7) is 1.86. The molecule has 0 aliphatic heterocycles. The van der Waals surface area contributed by atoms with Crippen LogP contribution in [0.2, 0.25) is 10.0 Å². The molecule has 0 atom stereocenters. The molecule has 3 rings (SSSR count). The average molecular weight is 371 g/mol. The Morgan fingerprint density at radius 3 is 2.50 bits per heavy atom. The molecule has 3 aromatic rings. The van der Waals surface area contributed by atoms with Gasteiger partial charge in [-0.25, -0.2) is 4.79 Å². The summed E-state index contributed by atoms with van der Waals surface area (Å²) in [5, 5.41) is 21.1. The fourth-order valence-corrected chi connectivity index (χ4v) is 2.89. The molecule has 1 aromatic carbocycles. The Bertz CT molecular complexity index is 1150. The van der Waals surface area contributed by atoms with Gasteiger partial charge in [0.2, 0.25) is 5.75 Å². The smallest absolute Gasteiger partial charge is 0.419 e. The van der Waals surface area contributed by atoms with Crippen LogP contribution in [0.4, 0.5) is 5.69 Å². The van der Waals surface area contributed by atoms with E-state index in [4.69, 9.17) is 27.6 Å². The number of nitrogens with zero attached hydrogens (tertiary/aromatic N) is 2. The molecule has 0 saturated carbocycles. The van der Waals surface area contributed by atoms with Crippen molar-refractivity contribution in [3.8, 4) is 5.75 Å². The number of hydrogen-bond acceptors (Lipinski definition) is 6. The maximum Gasteiger partial charge on any atom is 0.419 e. The SMILES string of the molecule is CCn1c(=O)c2c(O)c([N+](=O)[O-])c(=O)oc2c2cc(Cl)c(Cl)cc21. The van der Waals surface area contributed by atoms with E-state index >= 15 is 0 Å². The van der Waals surface area contributed by atoms with Gasteiger partial charge in [0, 0.05) is 11.9 Å².